The van der Waals surface area contributed by atoms with Gasteiger partial charge in [0.25, 0.3) is 5.91 Å². The molecule has 0 unspecified atom stereocenters. The number of aromatic amines is 1. The molecule has 7 nitrogen and oxygen atoms in total. The van der Waals surface area contributed by atoms with E-state index in [-0.39, 0.29) is 5.91 Å². The molecule has 0 spiro atoms. The molecule has 0 bridgehead atoms. The van der Waals surface area contributed by atoms with Crippen molar-refractivity contribution in [2.45, 2.75) is 13.3 Å². The van der Waals surface area contributed by atoms with E-state index in [1.54, 1.807) is 17.8 Å². The van der Waals surface area contributed by atoms with Crippen molar-refractivity contribution in [2.24, 2.45) is 7.05 Å². The molecule has 2 aromatic rings. The van der Waals surface area contributed by atoms with Gasteiger partial charge in [-0.15, -0.1) is 0 Å². The Kier molecular flexibility index (Phi) is 2.67. The summed E-state index contributed by atoms with van der Waals surface area (Å²) >= 11 is 0. The van der Waals surface area contributed by atoms with Crippen LogP contribution in [-0.4, -0.2) is 30.9 Å². The van der Waals surface area contributed by atoms with Crippen molar-refractivity contribution in [1.82, 2.24) is 25.0 Å². The number of amides is 1. The number of hydrogen-bond donors (Lipinski definition) is 2. The van der Waals surface area contributed by atoms with Gasteiger partial charge >= 0.3 is 0 Å². The highest BCUT2D eigenvalue weighted by molar-refractivity contribution is 6.02. The molecule has 0 saturated heterocycles. The predicted molar refractivity (Wildman–Crippen MR) is 56.9 cm³/mol. The van der Waals surface area contributed by atoms with Gasteiger partial charge in [-0.25, -0.2) is 5.10 Å². The van der Waals surface area contributed by atoms with Gasteiger partial charge in [0, 0.05) is 7.05 Å². The summed E-state index contributed by atoms with van der Waals surface area (Å²) in [6.07, 6.45) is 2.12. The van der Waals surface area contributed by atoms with Crippen molar-refractivity contribution >= 4 is 11.9 Å². The fourth-order valence-electron chi connectivity index (χ4n) is 1.35. The zero-order chi connectivity index (χ0) is 11.5. The van der Waals surface area contributed by atoms with Crippen LogP contribution in [0, 0.1) is 0 Å². The highest BCUT2D eigenvalue weighted by atomic mass is 16.2. The smallest absolute Gasteiger partial charge is 0.276 e. The first-order chi connectivity index (χ1) is 7.70. The van der Waals surface area contributed by atoms with E-state index in [4.69, 9.17) is 0 Å². The minimum atomic E-state index is -0.258. The summed E-state index contributed by atoms with van der Waals surface area (Å²) in [5.74, 6) is 0.0655. The van der Waals surface area contributed by atoms with Gasteiger partial charge in [-0.1, -0.05) is 6.92 Å². The molecule has 7 heteroatoms. The molecule has 0 aliphatic rings. The zero-order valence-electron chi connectivity index (χ0n) is 9.06. The van der Waals surface area contributed by atoms with Crippen molar-refractivity contribution < 1.29 is 4.79 Å². The Labute approximate surface area is 91.9 Å². The number of carbonyl (C=O) groups excluding carboxylic acids is 1. The van der Waals surface area contributed by atoms with Gasteiger partial charge in [-0.2, -0.15) is 15.2 Å². The Morgan fingerprint density at radius 2 is 2.44 bits per heavy atom. The first kappa shape index (κ1) is 10.3. The lowest BCUT2D eigenvalue weighted by Crippen LogP contribution is -2.16. The van der Waals surface area contributed by atoms with Crippen LogP contribution < -0.4 is 5.32 Å². The van der Waals surface area contributed by atoms with E-state index in [1.165, 1.54) is 6.33 Å². The number of anilines is 1. The summed E-state index contributed by atoms with van der Waals surface area (Å²) in [5, 5.41) is 13.0. The molecule has 2 heterocycles. The molecule has 16 heavy (non-hydrogen) atoms. The average molecular weight is 220 g/mol. The molecule has 0 fully saturated rings. The molecule has 84 valence electrons. The lowest BCUT2D eigenvalue weighted by atomic mass is 10.3. The summed E-state index contributed by atoms with van der Waals surface area (Å²) in [7, 11) is 1.73. The van der Waals surface area contributed by atoms with Crippen molar-refractivity contribution in [2.75, 3.05) is 5.32 Å². The predicted octanol–water partition coefficient (Wildman–Crippen LogP) is 0.353. The van der Waals surface area contributed by atoms with Gasteiger partial charge in [0.1, 0.15) is 12.0 Å². The SMILES string of the molecule is CCc1cc(C(=O)Nc2ncn[nH]2)n(C)n1. The third kappa shape index (κ3) is 1.92. The quantitative estimate of drug-likeness (QED) is 0.781. The first-order valence-electron chi connectivity index (χ1n) is 4.90. The fraction of sp³-hybridized carbons (Fsp3) is 0.333. The second-order valence-corrected chi connectivity index (χ2v) is 3.29. The van der Waals surface area contributed by atoms with E-state index in [2.05, 4.69) is 25.6 Å². The van der Waals surface area contributed by atoms with Gasteiger partial charge in [0.15, 0.2) is 0 Å². The Morgan fingerprint density at radius 1 is 1.62 bits per heavy atom. The van der Waals surface area contributed by atoms with Crippen molar-refractivity contribution in [1.29, 1.82) is 0 Å². The minimum absolute atomic E-state index is 0.258. The highest BCUT2D eigenvalue weighted by Gasteiger charge is 2.13. The van der Waals surface area contributed by atoms with Crippen LogP contribution in [0.15, 0.2) is 12.4 Å². The number of nitrogens with one attached hydrogen (secondary N) is 2. The van der Waals surface area contributed by atoms with Crippen LogP contribution in [0.1, 0.15) is 23.1 Å². The Morgan fingerprint density at radius 3 is 3.00 bits per heavy atom. The largest absolute Gasteiger partial charge is 0.289 e. The maximum atomic E-state index is 11.8. The number of carbonyl (C=O) groups is 1. The fourth-order valence-corrected chi connectivity index (χ4v) is 1.35. The summed E-state index contributed by atoms with van der Waals surface area (Å²) in [5.41, 5.74) is 1.37. The molecular formula is C9H12N6O. The van der Waals surface area contributed by atoms with Gasteiger partial charge in [0.2, 0.25) is 5.95 Å². The number of nitrogens with zero attached hydrogens (tertiary/aromatic N) is 4. The topological polar surface area (TPSA) is 88.5 Å². The number of aryl methyl sites for hydroxylation is 2. The number of H-pyrrole nitrogens is 1. The van der Waals surface area contributed by atoms with Crippen LogP contribution in [0.3, 0.4) is 0 Å². The number of rotatable bonds is 3. The van der Waals surface area contributed by atoms with Crippen LogP contribution in [0.4, 0.5) is 5.95 Å². The second kappa shape index (κ2) is 4.13. The monoisotopic (exact) mass is 220 g/mol. The molecule has 2 N–H and O–H groups in total. The zero-order valence-corrected chi connectivity index (χ0v) is 9.06. The van der Waals surface area contributed by atoms with Crippen molar-refractivity contribution in [3.8, 4) is 0 Å². The molecule has 0 atom stereocenters. The summed E-state index contributed by atoms with van der Waals surface area (Å²) in [6, 6.07) is 1.76. The molecule has 0 saturated carbocycles. The van der Waals surface area contributed by atoms with E-state index in [0.29, 0.717) is 11.6 Å². The number of aromatic nitrogens is 5. The Hall–Kier alpha value is -2.18. The molecule has 0 radical (unpaired) electrons. The van der Waals surface area contributed by atoms with E-state index >= 15 is 0 Å². The third-order valence-electron chi connectivity index (χ3n) is 2.17. The van der Waals surface area contributed by atoms with E-state index < -0.39 is 0 Å². The first-order valence-corrected chi connectivity index (χ1v) is 4.90. The van der Waals surface area contributed by atoms with E-state index in [0.717, 1.165) is 12.1 Å². The summed E-state index contributed by atoms with van der Waals surface area (Å²) < 4.78 is 1.55. The van der Waals surface area contributed by atoms with Gasteiger partial charge in [0.05, 0.1) is 5.69 Å². The molecular weight excluding hydrogens is 208 g/mol. The normalized spacial score (nSPS) is 10.4. The van der Waals surface area contributed by atoms with Crippen LogP contribution in [0.2, 0.25) is 0 Å². The molecule has 0 aliphatic carbocycles. The van der Waals surface area contributed by atoms with Crippen molar-refractivity contribution in [3.05, 3.63) is 23.8 Å². The lowest BCUT2D eigenvalue weighted by molar-refractivity contribution is 0.101. The average Bonchev–Trinajstić information content (AvgIpc) is 2.87. The maximum absolute atomic E-state index is 11.8. The van der Waals surface area contributed by atoms with E-state index in [9.17, 15) is 4.79 Å². The standard InChI is InChI=1S/C9H12N6O/c1-3-6-4-7(15(2)14-6)8(16)12-9-10-5-11-13-9/h4-5H,3H2,1-2H3,(H2,10,11,12,13,16). The van der Waals surface area contributed by atoms with Crippen LogP contribution in [0.25, 0.3) is 0 Å². The molecule has 0 aliphatic heterocycles. The van der Waals surface area contributed by atoms with Crippen LogP contribution in [0.5, 0.6) is 0 Å². The number of hydrogen-bond acceptors (Lipinski definition) is 4. The highest BCUT2D eigenvalue weighted by Crippen LogP contribution is 2.06. The molecule has 2 aromatic heterocycles. The van der Waals surface area contributed by atoms with Gasteiger partial charge in [-0.05, 0) is 12.5 Å². The molecule has 1 amide bonds. The van der Waals surface area contributed by atoms with Crippen LogP contribution in [-0.2, 0) is 13.5 Å². The summed E-state index contributed by atoms with van der Waals surface area (Å²) in [6.45, 7) is 1.99. The van der Waals surface area contributed by atoms with Crippen LogP contribution >= 0.6 is 0 Å². The van der Waals surface area contributed by atoms with E-state index in [1.807, 2.05) is 6.92 Å². The maximum Gasteiger partial charge on any atom is 0.276 e. The van der Waals surface area contributed by atoms with Crippen molar-refractivity contribution in [3.63, 3.8) is 0 Å². The Balaban J connectivity index is 2.17. The second-order valence-electron chi connectivity index (χ2n) is 3.29. The van der Waals surface area contributed by atoms with Gasteiger partial charge in [-0.3, -0.25) is 14.8 Å². The molecule has 2 rings (SSSR count). The lowest BCUT2D eigenvalue weighted by Gasteiger charge is -2.00. The summed E-state index contributed by atoms with van der Waals surface area (Å²) in [4.78, 5) is 15.6. The minimum Gasteiger partial charge on any atom is -0.289 e. The molecule has 0 aromatic carbocycles. The Bertz CT molecular complexity index is 486. The third-order valence-corrected chi connectivity index (χ3v) is 2.17. The van der Waals surface area contributed by atoms with Gasteiger partial charge < -0.3 is 0 Å².